The van der Waals surface area contributed by atoms with Gasteiger partial charge in [-0.3, -0.25) is 33.8 Å². The van der Waals surface area contributed by atoms with E-state index < -0.39 is 46.7 Å². The molecule has 0 bridgehead atoms. The molecule has 2 aliphatic rings. The third-order valence-corrected chi connectivity index (χ3v) is 9.17. The molecule has 17 heteroatoms. The summed E-state index contributed by atoms with van der Waals surface area (Å²) in [5.74, 6) is -2.60. The van der Waals surface area contributed by atoms with Crippen LogP contribution in [0.3, 0.4) is 0 Å². The van der Waals surface area contributed by atoms with Crippen molar-refractivity contribution in [3.63, 3.8) is 0 Å². The first kappa shape index (κ1) is 51.6. The summed E-state index contributed by atoms with van der Waals surface area (Å²) in [6.45, 7) is 12.7. The van der Waals surface area contributed by atoms with E-state index in [9.17, 15) is 33.6 Å². The number of methoxy groups -OCH3 is 3. The average Bonchev–Trinajstić information content (AvgIpc) is 3.66. The molecule has 0 saturated heterocycles. The van der Waals surface area contributed by atoms with Gasteiger partial charge in [0.1, 0.15) is 22.5 Å². The number of hydrogen-bond acceptors (Lipinski definition) is 14. The zero-order valence-corrected chi connectivity index (χ0v) is 37.4. The van der Waals surface area contributed by atoms with Gasteiger partial charge in [-0.2, -0.15) is 9.59 Å². The highest BCUT2D eigenvalue weighted by Gasteiger charge is 2.52. The smallest absolute Gasteiger partial charge is 0.414 e. The molecule has 0 fully saturated rings. The lowest BCUT2D eigenvalue weighted by molar-refractivity contribution is -0.191. The van der Waals surface area contributed by atoms with Crippen LogP contribution >= 0.6 is 15.9 Å². The molecule has 0 aliphatic heterocycles. The Kier molecular flexibility index (Phi) is 19.8. The minimum Gasteiger partial charge on any atom is -0.469 e. The Morgan fingerprint density at radius 1 is 0.780 bits per heavy atom. The highest BCUT2D eigenvalue weighted by atomic mass is 79.9. The van der Waals surface area contributed by atoms with Crippen molar-refractivity contribution in [3.05, 3.63) is 58.7 Å². The molecule has 2 aromatic rings. The number of carbonyl (C=O) groups excluding carboxylic acids is 9. The molecule has 2 atom stereocenters. The predicted molar refractivity (Wildman–Crippen MR) is 219 cm³/mol. The number of esters is 3. The van der Waals surface area contributed by atoms with E-state index in [1.165, 1.54) is 31.1 Å². The summed E-state index contributed by atoms with van der Waals surface area (Å²) < 4.78 is 24.7. The number of amides is 2. The van der Waals surface area contributed by atoms with Gasteiger partial charge < -0.3 is 23.7 Å². The van der Waals surface area contributed by atoms with Crippen LogP contribution in [-0.4, -0.2) is 99.8 Å². The quantitative estimate of drug-likeness (QED) is 0.117. The molecule has 2 amide bonds. The molecule has 4 rings (SSSR count). The van der Waals surface area contributed by atoms with Gasteiger partial charge in [-0.05, 0) is 84.1 Å². The van der Waals surface area contributed by atoms with E-state index in [0.29, 0.717) is 58.2 Å². The predicted octanol–water partition coefficient (Wildman–Crippen LogP) is 6.70. The van der Waals surface area contributed by atoms with Gasteiger partial charge in [0, 0.05) is 30.6 Å². The molecular formula is C42H55BrN2O14. The van der Waals surface area contributed by atoms with Crippen LogP contribution in [0, 0.1) is 11.3 Å². The van der Waals surface area contributed by atoms with Crippen LogP contribution in [0.15, 0.2) is 36.4 Å². The fourth-order valence-electron chi connectivity index (χ4n) is 6.21. The van der Waals surface area contributed by atoms with E-state index in [2.05, 4.69) is 25.4 Å². The maximum absolute atomic E-state index is 13.0. The molecular weight excluding hydrogens is 836 g/mol. The fraction of sp³-hybridized carbons (Fsp3) is 0.524. The number of ether oxygens (including phenoxy) is 5. The van der Waals surface area contributed by atoms with Gasteiger partial charge in [-0.15, -0.1) is 0 Å². The third kappa shape index (κ3) is 13.8. The van der Waals surface area contributed by atoms with Gasteiger partial charge in [0.25, 0.3) is 0 Å². The molecule has 0 spiro atoms. The number of rotatable bonds is 8. The number of halogens is 1. The zero-order valence-electron chi connectivity index (χ0n) is 35.8. The number of ketones is 2. The molecule has 2 aliphatic carbocycles. The Morgan fingerprint density at radius 3 is 1.64 bits per heavy atom. The SMILES string of the molecule is CCCC1(C(=O)OC)Cc2c(cccc2N(C)C(=O)OC(C)(C)C)C1=O.COC(=O)C1Cc2c(cccc2N(C)C(=O)OC(C)(C)C)C1=O.COC(=O)CCBr.O=C=O. The summed E-state index contributed by atoms with van der Waals surface area (Å²) >= 11 is 3.09. The number of alkyl halides is 1. The Labute approximate surface area is 353 Å². The Balaban J connectivity index is 0.000000483. The first-order valence-corrected chi connectivity index (χ1v) is 19.6. The van der Waals surface area contributed by atoms with Crippen LogP contribution in [-0.2, 0) is 60.5 Å². The second-order valence-electron chi connectivity index (χ2n) is 15.3. The molecule has 2 unspecified atom stereocenters. The Hall–Kier alpha value is -5.41. The van der Waals surface area contributed by atoms with Gasteiger partial charge in [-0.1, -0.05) is 53.5 Å². The van der Waals surface area contributed by atoms with Gasteiger partial charge in [0.15, 0.2) is 11.6 Å². The first-order valence-electron chi connectivity index (χ1n) is 18.5. The fourth-order valence-corrected chi connectivity index (χ4v) is 6.53. The maximum Gasteiger partial charge on any atom is 0.414 e. The van der Waals surface area contributed by atoms with Crippen molar-refractivity contribution in [1.82, 2.24) is 0 Å². The van der Waals surface area contributed by atoms with Crippen molar-refractivity contribution in [2.24, 2.45) is 11.3 Å². The van der Waals surface area contributed by atoms with Gasteiger partial charge in [-0.25, -0.2) is 9.59 Å². The van der Waals surface area contributed by atoms with Crippen molar-refractivity contribution in [2.75, 3.05) is 50.6 Å². The first-order chi connectivity index (χ1) is 27.4. The van der Waals surface area contributed by atoms with Crippen LogP contribution in [0.5, 0.6) is 0 Å². The molecule has 324 valence electrons. The molecule has 59 heavy (non-hydrogen) atoms. The summed E-state index contributed by atoms with van der Waals surface area (Å²) in [5, 5.41) is 0.680. The molecule has 0 heterocycles. The van der Waals surface area contributed by atoms with E-state index >= 15 is 0 Å². The normalized spacial score (nSPS) is 16.1. The monoisotopic (exact) mass is 890 g/mol. The lowest BCUT2D eigenvalue weighted by Crippen LogP contribution is -2.38. The van der Waals surface area contributed by atoms with Crippen molar-refractivity contribution < 1.29 is 66.8 Å². The van der Waals surface area contributed by atoms with E-state index in [0.717, 1.165) is 0 Å². The number of nitrogens with zero attached hydrogens (tertiary/aromatic N) is 2. The minimum atomic E-state index is -1.21. The van der Waals surface area contributed by atoms with Crippen LogP contribution in [0.25, 0.3) is 0 Å². The highest BCUT2D eigenvalue weighted by molar-refractivity contribution is 9.09. The summed E-state index contributed by atoms with van der Waals surface area (Å²) in [5.41, 5.74) is 0.959. The minimum absolute atomic E-state index is 0.170. The number of fused-ring (bicyclic) bond motifs is 2. The van der Waals surface area contributed by atoms with Crippen LogP contribution < -0.4 is 9.80 Å². The topological polar surface area (TPSA) is 206 Å². The van der Waals surface area contributed by atoms with E-state index in [1.807, 2.05) is 6.92 Å². The molecule has 0 N–H and O–H groups in total. The number of anilines is 2. The van der Waals surface area contributed by atoms with E-state index in [1.54, 1.807) is 92.0 Å². The Morgan fingerprint density at radius 2 is 1.25 bits per heavy atom. The van der Waals surface area contributed by atoms with E-state index in [4.69, 9.17) is 23.8 Å². The summed E-state index contributed by atoms with van der Waals surface area (Å²) in [7, 11) is 7.12. The molecule has 0 aromatic heterocycles. The lowest BCUT2D eigenvalue weighted by Gasteiger charge is -2.26. The van der Waals surface area contributed by atoms with Crippen LogP contribution in [0.4, 0.5) is 21.0 Å². The summed E-state index contributed by atoms with van der Waals surface area (Å²) in [6, 6.07) is 10.3. The van der Waals surface area contributed by atoms with Crippen LogP contribution in [0.2, 0.25) is 0 Å². The van der Waals surface area contributed by atoms with Crippen molar-refractivity contribution in [1.29, 1.82) is 0 Å². The maximum atomic E-state index is 13.0. The van der Waals surface area contributed by atoms with Crippen molar-refractivity contribution in [3.8, 4) is 0 Å². The molecule has 0 radical (unpaired) electrons. The molecule has 2 aromatic carbocycles. The van der Waals surface area contributed by atoms with Crippen molar-refractivity contribution in [2.45, 2.75) is 91.8 Å². The lowest BCUT2D eigenvalue weighted by atomic mass is 9.79. The summed E-state index contributed by atoms with van der Waals surface area (Å²) in [4.78, 5) is 103. The second kappa shape index (κ2) is 22.7. The van der Waals surface area contributed by atoms with Crippen molar-refractivity contribution >= 4 is 75.1 Å². The largest absolute Gasteiger partial charge is 0.469 e. The molecule has 16 nitrogen and oxygen atoms in total. The number of carbonyl (C=O) groups is 7. The van der Waals surface area contributed by atoms with Gasteiger partial charge in [0.05, 0.1) is 39.1 Å². The number of benzene rings is 2. The Bertz CT molecular complexity index is 1890. The number of hydrogen-bond donors (Lipinski definition) is 0. The molecule has 0 saturated carbocycles. The summed E-state index contributed by atoms with van der Waals surface area (Å²) in [6.07, 6.45) is 1.21. The van der Waals surface area contributed by atoms with Gasteiger partial charge >= 0.3 is 36.2 Å². The highest BCUT2D eigenvalue weighted by Crippen LogP contribution is 2.45. The number of Topliss-reactive ketones (excluding diaryl/α,β-unsaturated/α-hetero) is 2. The van der Waals surface area contributed by atoms with E-state index in [-0.39, 0.29) is 36.5 Å². The second-order valence-corrected chi connectivity index (χ2v) is 16.1. The zero-order chi connectivity index (χ0) is 45.5. The standard InChI is InChI=1S/C20H27NO5.C17H21NO5.C4H7BrO2.CO2/c1-7-11-20(17(23)25-6)12-14-13(16(20)22)9-8-10-15(14)21(5)18(24)26-19(2,3)4;1-17(2,3)23-16(21)18(4)13-8-6-7-10-11(13)9-12(14(10)19)15(20)22-5;1-7-4(6)2-3-5;2-1-3/h8-10H,7,11-12H2,1-6H3;6-8,12H,9H2,1-5H3;2-3H2,1H3;. The van der Waals surface area contributed by atoms with Gasteiger partial charge in [0.2, 0.25) is 0 Å². The average molecular weight is 892 g/mol. The third-order valence-electron chi connectivity index (χ3n) is 8.77. The van der Waals surface area contributed by atoms with Crippen LogP contribution in [0.1, 0.15) is 99.6 Å².